The van der Waals surface area contributed by atoms with E-state index >= 15 is 0 Å². The number of hydrogen-bond donors (Lipinski definition) is 1. The van der Waals surface area contributed by atoms with E-state index in [4.69, 9.17) is 11.6 Å². The number of amides is 1. The topological polar surface area (TPSA) is 29.1 Å². The lowest BCUT2D eigenvalue weighted by Crippen LogP contribution is -2.35. The van der Waals surface area contributed by atoms with Crippen molar-refractivity contribution in [1.29, 1.82) is 0 Å². The summed E-state index contributed by atoms with van der Waals surface area (Å²) in [4.78, 5) is 11.8. The van der Waals surface area contributed by atoms with E-state index in [-0.39, 0.29) is 18.4 Å². The van der Waals surface area contributed by atoms with Crippen molar-refractivity contribution in [2.24, 2.45) is 0 Å². The first kappa shape index (κ1) is 16.8. The van der Waals surface area contributed by atoms with Gasteiger partial charge in [-0.15, -0.1) is 11.6 Å². The highest BCUT2D eigenvalue weighted by Crippen LogP contribution is 2.29. The molecule has 0 saturated heterocycles. The molecule has 0 aromatic heterocycles. The lowest BCUT2D eigenvalue weighted by atomic mass is 10.1. The molecule has 1 rings (SSSR count). The van der Waals surface area contributed by atoms with Crippen LogP contribution in [-0.4, -0.2) is 17.8 Å². The molecule has 1 unspecified atom stereocenters. The van der Waals surface area contributed by atoms with Crippen LogP contribution in [-0.2, 0) is 17.4 Å². The van der Waals surface area contributed by atoms with E-state index in [2.05, 4.69) is 5.32 Å². The molecule has 1 aromatic carbocycles. The van der Waals surface area contributed by atoms with Crippen molar-refractivity contribution in [3.63, 3.8) is 0 Å². The van der Waals surface area contributed by atoms with E-state index in [1.807, 2.05) is 6.92 Å². The maximum Gasteiger partial charge on any atom is 0.416 e. The summed E-state index contributed by atoms with van der Waals surface area (Å²) < 4.78 is 37.2. The minimum absolute atomic E-state index is 0.00875. The molecule has 0 bridgehead atoms. The summed E-state index contributed by atoms with van der Waals surface area (Å²) in [5, 5.41) is 2.82. The summed E-state index contributed by atoms with van der Waals surface area (Å²) in [6.45, 7) is 1.94. The summed E-state index contributed by atoms with van der Waals surface area (Å²) in [6, 6.07) is 4.63. The quantitative estimate of drug-likeness (QED) is 0.796. The van der Waals surface area contributed by atoms with Crippen LogP contribution in [0, 0.1) is 0 Å². The zero-order valence-electron chi connectivity index (χ0n) is 11.1. The average Bonchev–Trinajstić information content (AvgIpc) is 2.37. The van der Waals surface area contributed by atoms with Gasteiger partial charge in [0.15, 0.2) is 0 Å². The van der Waals surface area contributed by atoms with Gasteiger partial charge in [0.05, 0.1) is 12.0 Å². The van der Waals surface area contributed by atoms with Gasteiger partial charge in [0.1, 0.15) is 0 Å². The standard InChI is InChI=1S/C14H17ClF3NO/c1-2-12(7-8-15)19-13(20)9-10-3-5-11(6-4-10)14(16,17)18/h3-6,12H,2,7-9H2,1H3,(H,19,20). The second-order valence-corrected chi connectivity index (χ2v) is 4.90. The molecule has 0 aliphatic rings. The molecule has 0 aliphatic heterocycles. The molecule has 1 amide bonds. The van der Waals surface area contributed by atoms with Crippen LogP contribution in [0.4, 0.5) is 13.2 Å². The molecule has 1 N–H and O–H groups in total. The summed E-state index contributed by atoms with van der Waals surface area (Å²) in [5.74, 6) is 0.251. The number of halogens is 4. The lowest BCUT2D eigenvalue weighted by molar-refractivity contribution is -0.137. The monoisotopic (exact) mass is 307 g/mol. The molecule has 2 nitrogen and oxygen atoms in total. The summed E-state index contributed by atoms with van der Waals surface area (Å²) >= 11 is 5.62. The van der Waals surface area contributed by atoms with E-state index in [0.29, 0.717) is 17.9 Å². The van der Waals surface area contributed by atoms with Crippen molar-refractivity contribution in [2.75, 3.05) is 5.88 Å². The normalized spacial score (nSPS) is 13.1. The van der Waals surface area contributed by atoms with Crippen molar-refractivity contribution in [1.82, 2.24) is 5.32 Å². The third-order valence-electron chi connectivity index (χ3n) is 2.96. The van der Waals surface area contributed by atoms with Crippen LogP contribution in [0.2, 0.25) is 0 Å². The third-order valence-corrected chi connectivity index (χ3v) is 3.18. The fourth-order valence-electron chi connectivity index (χ4n) is 1.79. The van der Waals surface area contributed by atoms with Gasteiger partial charge in [-0.2, -0.15) is 13.2 Å². The van der Waals surface area contributed by atoms with Crippen molar-refractivity contribution >= 4 is 17.5 Å². The molecule has 1 aromatic rings. The zero-order valence-corrected chi connectivity index (χ0v) is 11.9. The van der Waals surface area contributed by atoms with E-state index in [0.717, 1.165) is 18.6 Å². The molecular weight excluding hydrogens is 291 g/mol. The van der Waals surface area contributed by atoms with E-state index in [9.17, 15) is 18.0 Å². The number of nitrogens with one attached hydrogen (secondary N) is 1. The Hall–Kier alpha value is -1.23. The Kier molecular flexibility index (Phi) is 6.33. The van der Waals surface area contributed by atoms with Crippen molar-refractivity contribution < 1.29 is 18.0 Å². The molecule has 0 fully saturated rings. The van der Waals surface area contributed by atoms with Crippen molar-refractivity contribution in [3.05, 3.63) is 35.4 Å². The number of benzene rings is 1. The SMILES string of the molecule is CCC(CCCl)NC(=O)Cc1ccc(C(F)(F)F)cc1. The van der Waals surface area contributed by atoms with Gasteiger partial charge in [-0.1, -0.05) is 19.1 Å². The van der Waals surface area contributed by atoms with Crippen LogP contribution >= 0.6 is 11.6 Å². The smallest absolute Gasteiger partial charge is 0.353 e. The number of carbonyl (C=O) groups excluding carboxylic acids is 1. The number of carbonyl (C=O) groups is 1. The number of rotatable bonds is 6. The Balaban J connectivity index is 2.58. The van der Waals surface area contributed by atoms with Crippen molar-refractivity contribution in [2.45, 2.75) is 38.4 Å². The molecule has 0 spiro atoms. The Bertz CT molecular complexity index is 431. The Labute approximate surface area is 121 Å². The second kappa shape index (κ2) is 7.53. The van der Waals surface area contributed by atoms with Gasteiger partial charge in [0.2, 0.25) is 5.91 Å². The van der Waals surface area contributed by atoms with Gasteiger partial charge in [-0.25, -0.2) is 0 Å². The molecule has 0 saturated carbocycles. The molecule has 6 heteroatoms. The molecule has 1 atom stereocenters. The predicted molar refractivity (Wildman–Crippen MR) is 72.7 cm³/mol. The lowest BCUT2D eigenvalue weighted by Gasteiger charge is -2.15. The van der Waals surface area contributed by atoms with Gasteiger partial charge >= 0.3 is 6.18 Å². The molecule has 20 heavy (non-hydrogen) atoms. The molecule has 0 heterocycles. The van der Waals surface area contributed by atoms with Crippen LogP contribution in [0.1, 0.15) is 30.9 Å². The molecular formula is C14H17ClF3NO. The highest BCUT2D eigenvalue weighted by Gasteiger charge is 2.29. The first-order valence-electron chi connectivity index (χ1n) is 6.38. The summed E-state index contributed by atoms with van der Waals surface area (Å²) in [7, 11) is 0. The molecule has 112 valence electrons. The molecule has 0 aliphatic carbocycles. The van der Waals surface area contributed by atoms with Crippen LogP contribution < -0.4 is 5.32 Å². The summed E-state index contributed by atoms with van der Waals surface area (Å²) in [6.07, 6.45) is -2.84. The number of hydrogen-bond acceptors (Lipinski definition) is 1. The minimum atomic E-state index is -4.35. The van der Waals surface area contributed by atoms with Crippen LogP contribution in [0.5, 0.6) is 0 Å². The second-order valence-electron chi connectivity index (χ2n) is 4.52. The van der Waals surface area contributed by atoms with Crippen LogP contribution in [0.25, 0.3) is 0 Å². The maximum atomic E-state index is 12.4. The van der Waals surface area contributed by atoms with Crippen molar-refractivity contribution in [3.8, 4) is 0 Å². The first-order valence-corrected chi connectivity index (χ1v) is 6.91. The highest BCUT2D eigenvalue weighted by molar-refractivity contribution is 6.17. The Morgan fingerprint density at radius 1 is 1.30 bits per heavy atom. The van der Waals surface area contributed by atoms with E-state index in [1.165, 1.54) is 12.1 Å². The average molecular weight is 308 g/mol. The first-order chi connectivity index (χ1) is 9.36. The Morgan fingerprint density at radius 3 is 2.35 bits per heavy atom. The fourth-order valence-corrected chi connectivity index (χ4v) is 2.05. The van der Waals surface area contributed by atoms with Gasteiger partial charge in [0.25, 0.3) is 0 Å². The molecule has 0 radical (unpaired) electrons. The third kappa shape index (κ3) is 5.41. The van der Waals surface area contributed by atoms with E-state index in [1.54, 1.807) is 0 Å². The largest absolute Gasteiger partial charge is 0.416 e. The number of alkyl halides is 4. The zero-order chi connectivity index (χ0) is 15.2. The van der Waals surface area contributed by atoms with Crippen LogP contribution in [0.15, 0.2) is 24.3 Å². The maximum absolute atomic E-state index is 12.4. The Morgan fingerprint density at radius 2 is 1.90 bits per heavy atom. The van der Waals surface area contributed by atoms with Crippen LogP contribution in [0.3, 0.4) is 0 Å². The van der Waals surface area contributed by atoms with E-state index < -0.39 is 11.7 Å². The van der Waals surface area contributed by atoms with Gasteiger partial charge in [-0.05, 0) is 30.5 Å². The predicted octanol–water partition coefficient (Wildman–Crippen LogP) is 3.77. The highest BCUT2D eigenvalue weighted by atomic mass is 35.5. The summed E-state index contributed by atoms with van der Waals surface area (Å²) in [5.41, 5.74) is -0.161. The van der Waals surface area contributed by atoms with Gasteiger partial charge < -0.3 is 5.32 Å². The minimum Gasteiger partial charge on any atom is -0.353 e. The van der Waals surface area contributed by atoms with Gasteiger partial charge in [0, 0.05) is 11.9 Å². The fraction of sp³-hybridized carbons (Fsp3) is 0.500. The van der Waals surface area contributed by atoms with Gasteiger partial charge in [-0.3, -0.25) is 4.79 Å².